The first-order chi connectivity index (χ1) is 5.65. The molecule has 0 fully saturated rings. The van der Waals surface area contributed by atoms with Gasteiger partial charge in [0.05, 0.1) is 0 Å². The number of rotatable bonds is 1. The van der Waals surface area contributed by atoms with Crippen LogP contribution < -0.4 is 0 Å². The highest BCUT2D eigenvalue weighted by molar-refractivity contribution is 9.10. The van der Waals surface area contributed by atoms with Crippen LogP contribution in [0, 0.1) is 5.82 Å². The number of hydrogen-bond acceptors (Lipinski definition) is 1. The van der Waals surface area contributed by atoms with Gasteiger partial charge in [-0.2, -0.15) is 0 Å². The third-order valence-electron chi connectivity index (χ3n) is 1.23. The second-order valence-corrected chi connectivity index (χ2v) is 2.90. The summed E-state index contributed by atoms with van der Waals surface area (Å²) in [5.41, 5.74) is 0.227. The van der Waals surface area contributed by atoms with Crippen LogP contribution in [0.25, 0.3) is 0 Å². The summed E-state index contributed by atoms with van der Waals surface area (Å²) in [4.78, 5) is 11.0. The molecule has 1 aromatic rings. The molecule has 11 heavy (non-hydrogen) atoms. The lowest BCUT2D eigenvalue weighted by Gasteiger charge is -1.98. The summed E-state index contributed by atoms with van der Waals surface area (Å²) in [5.74, 6) is -0.851. The van der Waals surface area contributed by atoms with Crippen LogP contribution >= 0.6 is 15.9 Å². The lowest BCUT2D eigenvalue weighted by Crippen LogP contribution is -1.93. The number of halogens is 2. The molecule has 0 atom stereocenters. The van der Waals surface area contributed by atoms with Crippen molar-refractivity contribution in [1.82, 2.24) is 0 Å². The number of carbonyl (C=O) groups is 1. The first-order valence-electron chi connectivity index (χ1n) is 3.63. The zero-order chi connectivity index (χ0) is 9.14. The quantitative estimate of drug-likeness (QED) is 0.525. The molecule has 0 radical (unpaired) electrons. The molecule has 0 bridgehead atoms. The fourth-order valence-electron chi connectivity index (χ4n) is 0.711. The van der Waals surface area contributed by atoms with E-state index < -0.39 is 5.82 Å². The minimum absolute atomic E-state index is 0.227. The molecule has 1 rings (SSSR count). The molecule has 0 aliphatic carbocycles. The molecule has 0 unspecified atom stereocenters. The van der Waals surface area contributed by atoms with E-state index in [4.69, 9.17) is 1.37 Å². The predicted molar refractivity (Wildman–Crippen MR) is 44.1 cm³/mol. The monoisotopic (exact) mass is 219 g/mol. The standard InChI is InChI=1S/C8H6BrFO/c1-5(11)7-4-6(10)2-3-8(7)9/h2-4H,1H3/i1+1D,5+1. The SMILES string of the molecule is [2H][13CH2][13C](=O)c1cc(F)ccc1Br. The largest absolute Gasteiger partial charge is 0.294 e. The Morgan fingerprint density at radius 2 is 2.45 bits per heavy atom. The molecule has 0 aliphatic heterocycles. The Kier molecular flexibility index (Phi) is 1.99. The average Bonchev–Trinajstić information content (AvgIpc) is 2.08. The normalized spacial score (nSPS) is 10.9. The van der Waals surface area contributed by atoms with Gasteiger partial charge in [0.15, 0.2) is 5.78 Å². The van der Waals surface area contributed by atoms with E-state index in [1.54, 1.807) is 0 Å². The minimum Gasteiger partial charge on any atom is -0.294 e. The van der Waals surface area contributed by atoms with Gasteiger partial charge in [-0.05, 0) is 25.1 Å². The molecule has 0 heterocycles. The van der Waals surface area contributed by atoms with Crippen LogP contribution in [0.15, 0.2) is 22.7 Å². The number of hydrogen-bond donors (Lipinski definition) is 0. The highest BCUT2D eigenvalue weighted by atomic mass is 79.9. The van der Waals surface area contributed by atoms with Crippen LogP contribution in [-0.2, 0) is 0 Å². The molecule has 0 saturated heterocycles. The van der Waals surface area contributed by atoms with Crippen LogP contribution in [0.3, 0.4) is 0 Å². The fourth-order valence-corrected chi connectivity index (χ4v) is 1.18. The van der Waals surface area contributed by atoms with Crippen molar-refractivity contribution in [1.29, 1.82) is 0 Å². The fraction of sp³-hybridized carbons (Fsp3) is 0.125. The summed E-state index contributed by atoms with van der Waals surface area (Å²) in [5, 5.41) is 0. The Morgan fingerprint density at radius 3 is 3.09 bits per heavy atom. The first kappa shape index (κ1) is 6.98. The molecular weight excluding hydrogens is 213 g/mol. The molecule has 0 amide bonds. The molecule has 1 aromatic carbocycles. The van der Waals surface area contributed by atoms with Gasteiger partial charge in [-0.3, -0.25) is 4.79 Å². The molecule has 0 saturated carbocycles. The van der Waals surface area contributed by atoms with E-state index >= 15 is 0 Å². The van der Waals surface area contributed by atoms with Gasteiger partial charge in [-0.1, -0.05) is 15.9 Å². The molecule has 3 heteroatoms. The maximum Gasteiger partial charge on any atom is 0.161 e. The third-order valence-corrected chi connectivity index (χ3v) is 1.92. The molecule has 0 N–H and O–H groups in total. The van der Waals surface area contributed by atoms with Gasteiger partial charge in [-0.15, -0.1) is 0 Å². The van der Waals surface area contributed by atoms with Crippen molar-refractivity contribution in [2.24, 2.45) is 0 Å². The van der Waals surface area contributed by atoms with E-state index in [0.29, 0.717) is 4.47 Å². The smallest absolute Gasteiger partial charge is 0.161 e. The van der Waals surface area contributed by atoms with E-state index in [1.807, 2.05) is 0 Å². The molecule has 1 nitrogen and oxygen atoms in total. The van der Waals surface area contributed by atoms with Crippen LogP contribution in [0.2, 0.25) is 0 Å². The Balaban J connectivity index is 3.13. The maximum absolute atomic E-state index is 12.6. The summed E-state index contributed by atoms with van der Waals surface area (Å²) >= 11 is 3.10. The second-order valence-electron chi connectivity index (χ2n) is 2.05. The summed E-state index contributed by atoms with van der Waals surface area (Å²) in [6.45, 7) is -0.359. The van der Waals surface area contributed by atoms with Gasteiger partial charge in [0.1, 0.15) is 5.82 Å². The van der Waals surface area contributed by atoms with Gasteiger partial charge in [0.2, 0.25) is 0 Å². The van der Waals surface area contributed by atoms with Gasteiger partial charge in [-0.25, -0.2) is 4.39 Å². The molecule has 0 aliphatic rings. The molecule has 0 spiro atoms. The Bertz CT molecular complexity index is 314. The third kappa shape index (κ3) is 1.87. The summed E-state index contributed by atoms with van der Waals surface area (Å²) in [7, 11) is 0. The van der Waals surface area contributed by atoms with Crippen LogP contribution in [0.4, 0.5) is 4.39 Å². The highest BCUT2D eigenvalue weighted by Gasteiger charge is 2.04. The lowest BCUT2D eigenvalue weighted by atomic mass is 10.3. The number of carbonyl (C=O) groups excluding carboxylic acids is 1. The summed E-state index contributed by atoms with van der Waals surface area (Å²) in [6.07, 6.45) is 0. The minimum atomic E-state index is -0.463. The zero-order valence-corrected chi connectivity index (χ0v) is 7.19. The maximum atomic E-state index is 12.6. The Morgan fingerprint density at radius 1 is 1.73 bits per heavy atom. The van der Waals surface area contributed by atoms with Crippen LogP contribution in [0.5, 0.6) is 0 Å². The van der Waals surface area contributed by atoms with Crippen molar-refractivity contribution < 1.29 is 10.6 Å². The molecule has 0 aromatic heterocycles. The van der Waals surface area contributed by atoms with Gasteiger partial charge in [0, 0.05) is 11.4 Å². The average molecular weight is 220 g/mol. The van der Waals surface area contributed by atoms with E-state index in [1.165, 1.54) is 12.1 Å². The van der Waals surface area contributed by atoms with E-state index in [0.717, 1.165) is 6.07 Å². The van der Waals surface area contributed by atoms with Crippen molar-refractivity contribution in [2.75, 3.05) is 0 Å². The molecule has 58 valence electrons. The lowest BCUT2D eigenvalue weighted by molar-refractivity contribution is 0.101. The van der Waals surface area contributed by atoms with Crippen molar-refractivity contribution in [3.05, 3.63) is 34.1 Å². The zero-order valence-electron chi connectivity index (χ0n) is 6.60. The second kappa shape index (κ2) is 3.13. The summed E-state index contributed by atoms with van der Waals surface area (Å²) in [6, 6.07) is 3.84. The summed E-state index contributed by atoms with van der Waals surface area (Å²) < 4.78 is 20.0. The first-order valence-corrected chi connectivity index (χ1v) is 3.72. The van der Waals surface area contributed by atoms with Crippen molar-refractivity contribution in [3.8, 4) is 0 Å². The number of benzene rings is 1. The predicted octanol–water partition coefficient (Wildman–Crippen LogP) is 2.79. The Hall–Kier alpha value is -0.700. The van der Waals surface area contributed by atoms with E-state index in [9.17, 15) is 9.18 Å². The van der Waals surface area contributed by atoms with Crippen LogP contribution in [-0.4, -0.2) is 5.78 Å². The number of ketones is 1. The topological polar surface area (TPSA) is 17.1 Å². The van der Waals surface area contributed by atoms with Gasteiger partial charge in [0.25, 0.3) is 0 Å². The highest BCUT2D eigenvalue weighted by Crippen LogP contribution is 2.17. The van der Waals surface area contributed by atoms with Crippen LogP contribution in [0.1, 0.15) is 18.6 Å². The number of Topliss-reactive ketones (excluding diaryl/α,β-unsaturated/α-hetero) is 1. The van der Waals surface area contributed by atoms with Crippen molar-refractivity contribution in [3.63, 3.8) is 0 Å². The van der Waals surface area contributed by atoms with Crippen molar-refractivity contribution >= 4 is 21.7 Å². The van der Waals surface area contributed by atoms with E-state index in [-0.39, 0.29) is 18.2 Å². The molecular formula is C8H6BrFO. The van der Waals surface area contributed by atoms with Crippen molar-refractivity contribution in [2.45, 2.75) is 6.90 Å². The Labute approximate surface area is 73.8 Å². The van der Waals surface area contributed by atoms with Gasteiger partial charge >= 0.3 is 0 Å². The van der Waals surface area contributed by atoms with E-state index in [2.05, 4.69) is 15.9 Å². The van der Waals surface area contributed by atoms with Gasteiger partial charge < -0.3 is 0 Å².